The predicted octanol–water partition coefficient (Wildman–Crippen LogP) is 4.21. The molecule has 1 saturated heterocycles. The number of nitrogens with zero attached hydrogens (tertiary/aromatic N) is 1. The molecule has 0 amide bonds. The molecule has 0 radical (unpaired) electrons. The van der Waals surface area contributed by atoms with Gasteiger partial charge >= 0.3 is 0 Å². The van der Waals surface area contributed by atoms with Crippen molar-refractivity contribution in [1.29, 1.82) is 0 Å². The Balaban J connectivity index is 0.00000161. The molecule has 1 fully saturated rings. The largest absolute Gasteiger partial charge is 0.298 e. The van der Waals surface area contributed by atoms with Crippen molar-refractivity contribution < 1.29 is 4.79 Å². The lowest BCUT2D eigenvalue weighted by molar-refractivity contribution is -0.113. The van der Waals surface area contributed by atoms with Gasteiger partial charge in [-0.2, -0.15) is 0 Å². The van der Waals surface area contributed by atoms with E-state index in [-0.39, 0.29) is 18.2 Å². The number of hydrogen-bond donors (Lipinski definition) is 0. The number of likely N-dealkylation sites (N-methyl/N-ethyl adjacent to an activating group) is 1. The van der Waals surface area contributed by atoms with Gasteiger partial charge in [0.15, 0.2) is 5.78 Å². The van der Waals surface area contributed by atoms with Crippen molar-refractivity contribution in [3.05, 3.63) is 55.9 Å². The molecule has 0 bridgehead atoms. The maximum atomic E-state index is 12.6. The van der Waals surface area contributed by atoms with E-state index in [1.165, 1.54) is 0 Å². The number of thiophene rings is 2. The summed E-state index contributed by atoms with van der Waals surface area (Å²) in [6.45, 7) is 1.44. The van der Waals surface area contributed by atoms with E-state index in [4.69, 9.17) is 0 Å². The molecule has 1 aliphatic heterocycles. The number of carbonyl (C=O) groups excluding carboxylic acids is 1. The van der Waals surface area contributed by atoms with Crippen molar-refractivity contribution >= 4 is 53.0 Å². The molecular weight excluding hydrogens is 322 g/mol. The first-order valence-corrected chi connectivity index (χ1v) is 8.20. The minimum atomic E-state index is 0. The molecule has 0 atom stereocenters. The zero-order valence-corrected chi connectivity index (χ0v) is 14.1. The molecule has 0 unspecified atom stereocenters. The minimum absolute atomic E-state index is 0. The van der Waals surface area contributed by atoms with Gasteiger partial charge in [0.25, 0.3) is 0 Å². The summed E-state index contributed by atoms with van der Waals surface area (Å²) >= 11 is 3.32. The summed E-state index contributed by atoms with van der Waals surface area (Å²) < 4.78 is 0. The van der Waals surface area contributed by atoms with E-state index in [1.54, 1.807) is 22.7 Å². The van der Waals surface area contributed by atoms with E-state index in [0.717, 1.165) is 34.0 Å². The van der Waals surface area contributed by atoms with Gasteiger partial charge in [0.05, 0.1) is 0 Å². The molecule has 1 aliphatic rings. The lowest BCUT2D eigenvalue weighted by Crippen LogP contribution is -2.34. The van der Waals surface area contributed by atoms with Gasteiger partial charge in [0, 0.05) is 34.0 Å². The average Bonchev–Trinajstić information content (AvgIpc) is 3.08. The second kappa shape index (κ2) is 7.18. The van der Waals surface area contributed by atoms with Crippen LogP contribution in [0.1, 0.15) is 9.75 Å². The van der Waals surface area contributed by atoms with Crippen LogP contribution in [-0.4, -0.2) is 30.8 Å². The maximum absolute atomic E-state index is 12.6. The average molecular weight is 338 g/mol. The lowest BCUT2D eigenvalue weighted by atomic mass is 9.97. The second-order valence-electron chi connectivity index (χ2n) is 4.87. The van der Waals surface area contributed by atoms with Gasteiger partial charge in [0.2, 0.25) is 0 Å². The van der Waals surface area contributed by atoms with Crippen LogP contribution in [0.5, 0.6) is 0 Å². The summed E-state index contributed by atoms with van der Waals surface area (Å²) in [6, 6.07) is 8.11. The Labute approximate surface area is 138 Å². The van der Waals surface area contributed by atoms with Gasteiger partial charge in [-0.25, -0.2) is 0 Å². The van der Waals surface area contributed by atoms with Crippen molar-refractivity contribution in [3.63, 3.8) is 0 Å². The van der Waals surface area contributed by atoms with Crippen LogP contribution >= 0.6 is 35.1 Å². The van der Waals surface area contributed by atoms with Crippen LogP contribution in [-0.2, 0) is 4.79 Å². The fourth-order valence-electron chi connectivity index (χ4n) is 2.30. The van der Waals surface area contributed by atoms with Crippen LogP contribution in [0.3, 0.4) is 0 Å². The molecule has 5 heteroatoms. The van der Waals surface area contributed by atoms with E-state index in [9.17, 15) is 4.79 Å². The van der Waals surface area contributed by atoms with Gasteiger partial charge in [-0.05, 0) is 42.1 Å². The Morgan fingerprint density at radius 1 is 1.00 bits per heavy atom. The van der Waals surface area contributed by atoms with Crippen LogP contribution < -0.4 is 0 Å². The quantitative estimate of drug-likeness (QED) is 0.765. The summed E-state index contributed by atoms with van der Waals surface area (Å²) in [5.41, 5.74) is 1.76. The van der Waals surface area contributed by atoms with Gasteiger partial charge < -0.3 is 0 Å². The number of hydrogen-bond acceptors (Lipinski definition) is 4. The normalized spacial score (nSPS) is 20.0. The van der Waals surface area contributed by atoms with E-state index in [0.29, 0.717) is 0 Å². The summed E-state index contributed by atoms with van der Waals surface area (Å²) in [4.78, 5) is 17.0. The zero-order valence-electron chi connectivity index (χ0n) is 11.6. The van der Waals surface area contributed by atoms with Gasteiger partial charge in [-0.15, -0.1) is 35.1 Å². The molecule has 0 N–H and O–H groups in total. The third-order valence-corrected chi connectivity index (χ3v) is 4.82. The number of halogens is 1. The lowest BCUT2D eigenvalue weighted by Gasteiger charge is -2.25. The Morgan fingerprint density at radius 3 is 1.86 bits per heavy atom. The first kappa shape index (κ1) is 16.2. The van der Waals surface area contributed by atoms with Gasteiger partial charge in [-0.1, -0.05) is 12.1 Å². The summed E-state index contributed by atoms with van der Waals surface area (Å²) in [5, 5.41) is 4.07. The molecule has 2 aromatic heterocycles. The topological polar surface area (TPSA) is 20.3 Å². The van der Waals surface area contributed by atoms with Gasteiger partial charge in [-0.3, -0.25) is 9.69 Å². The molecule has 2 aromatic rings. The Hall–Kier alpha value is -1.20. The first-order chi connectivity index (χ1) is 9.72. The van der Waals surface area contributed by atoms with Crippen LogP contribution in [0.2, 0.25) is 0 Å². The molecule has 3 rings (SSSR count). The smallest absolute Gasteiger partial charge is 0.187 e. The highest BCUT2D eigenvalue weighted by molar-refractivity contribution is 7.11. The fraction of sp³-hybridized carbons (Fsp3) is 0.188. The fourth-order valence-corrected chi connectivity index (χ4v) is 3.66. The molecule has 0 spiro atoms. The first-order valence-electron chi connectivity index (χ1n) is 6.44. The SMILES string of the molecule is CN1C/C(=C\c2cccs2)C(=O)/C(=C/c2cccs2)C1.Cl. The predicted molar refractivity (Wildman–Crippen MR) is 94.3 cm³/mol. The molecule has 21 heavy (non-hydrogen) atoms. The molecule has 3 heterocycles. The van der Waals surface area contributed by atoms with Crippen molar-refractivity contribution in [2.45, 2.75) is 0 Å². The number of ketones is 1. The number of Topliss-reactive ketones (excluding diaryl/α,β-unsaturated/α-hetero) is 1. The van der Waals surface area contributed by atoms with Gasteiger partial charge in [0.1, 0.15) is 0 Å². The van der Waals surface area contributed by atoms with E-state index in [2.05, 4.69) is 11.9 Å². The summed E-state index contributed by atoms with van der Waals surface area (Å²) in [7, 11) is 2.05. The molecule has 0 saturated carbocycles. The highest BCUT2D eigenvalue weighted by atomic mass is 35.5. The van der Waals surface area contributed by atoms with Crippen LogP contribution in [0.25, 0.3) is 12.2 Å². The highest BCUT2D eigenvalue weighted by Gasteiger charge is 2.23. The van der Waals surface area contributed by atoms with E-state index in [1.807, 2.05) is 47.2 Å². The number of carbonyl (C=O) groups is 1. The second-order valence-corrected chi connectivity index (χ2v) is 6.83. The monoisotopic (exact) mass is 337 g/mol. The van der Waals surface area contributed by atoms with Crippen molar-refractivity contribution in [1.82, 2.24) is 4.90 Å². The minimum Gasteiger partial charge on any atom is -0.298 e. The van der Waals surface area contributed by atoms with Crippen LogP contribution in [0, 0.1) is 0 Å². The van der Waals surface area contributed by atoms with Crippen molar-refractivity contribution in [2.24, 2.45) is 0 Å². The maximum Gasteiger partial charge on any atom is 0.187 e. The number of likely N-dealkylation sites (tertiary alicyclic amines) is 1. The van der Waals surface area contributed by atoms with E-state index < -0.39 is 0 Å². The summed E-state index contributed by atoms with van der Waals surface area (Å²) in [6.07, 6.45) is 4.04. The molecule has 2 nitrogen and oxygen atoms in total. The number of piperidine rings is 1. The molecule has 0 aliphatic carbocycles. The zero-order chi connectivity index (χ0) is 13.9. The highest BCUT2D eigenvalue weighted by Crippen LogP contribution is 2.23. The van der Waals surface area contributed by atoms with Crippen molar-refractivity contribution in [3.8, 4) is 0 Å². The third-order valence-electron chi connectivity index (χ3n) is 3.18. The Morgan fingerprint density at radius 2 is 1.48 bits per heavy atom. The summed E-state index contributed by atoms with van der Waals surface area (Å²) in [5.74, 6) is 0.185. The third kappa shape index (κ3) is 3.92. The molecule has 0 aromatic carbocycles. The Kier molecular flexibility index (Phi) is 5.53. The van der Waals surface area contributed by atoms with Crippen molar-refractivity contribution in [2.75, 3.05) is 20.1 Å². The number of rotatable bonds is 2. The molecular formula is C16H16ClNOS2. The standard InChI is InChI=1S/C16H15NOS2.ClH/c1-17-10-12(8-14-4-2-6-19-14)16(18)13(11-17)9-15-5-3-7-20-15;/h2-9H,10-11H2,1H3;1H/b12-8+,13-9+;. The van der Waals surface area contributed by atoms with Crippen LogP contribution in [0.4, 0.5) is 0 Å². The Bertz CT molecular complexity index is 600. The van der Waals surface area contributed by atoms with Crippen LogP contribution in [0.15, 0.2) is 46.2 Å². The van der Waals surface area contributed by atoms with E-state index >= 15 is 0 Å². The molecule has 110 valence electrons.